The summed E-state index contributed by atoms with van der Waals surface area (Å²) in [5.74, 6) is 0. The minimum atomic E-state index is -0.467. The maximum Gasteiger partial charge on any atom is 0.342 e. The van der Waals surface area contributed by atoms with Crippen LogP contribution >= 0.6 is 0 Å². The van der Waals surface area contributed by atoms with Gasteiger partial charge in [0.15, 0.2) is 11.3 Å². The second-order valence-corrected chi connectivity index (χ2v) is 10.8. The van der Waals surface area contributed by atoms with Crippen molar-refractivity contribution in [2.45, 2.75) is 0 Å². The standard InChI is InChI=1S/C37H23N5O2/c43-36-31-27-20-10-12-22-29(27)40(25-16-6-2-7-17-25)34(31)38-35-33-32(41(37(44)42(35)36)26-18-8-3-9-19-26)28-21-11-13-23-30(28)39(33)24-14-4-1-5-15-24/h1-23H. The molecular weight excluding hydrogens is 546 g/mol. The highest BCUT2D eigenvalue weighted by molar-refractivity contribution is 6.14. The van der Waals surface area contributed by atoms with Gasteiger partial charge in [0.2, 0.25) is 0 Å². The normalized spacial score (nSPS) is 11.8. The molecule has 0 aliphatic carbocycles. The third kappa shape index (κ3) is 3.23. The number of hydrogen-bond donors (Lipinski definition) is 0. The summed E-state index contributed by atoms with van der Waals surface area (Å²) < 4.78 is 7.01. The lowest BCUT2D eigenvalue weighted by Gasteiger charge is -2.14. The Morgan fingerprint density at radius 3 is 1.52 bits per heavy atom. The van der Waals surface area contributed by atoms with E-state index in [0.717, 1.165) is 33.2 Å². The van der Waals surface area contributed by atoms with Gasteiger partial charge in [-0.25, -0.2) is 14.2 Å². The topological polar surface area (TPSA) is 66.2 Å². The molecule has 0 unspecified atom stereocenters. The predicted octanol–water partition coefficient (Wildman–Crippen LogP) is 7.04. The Bertz CT molecular complexity index is 2680. The molecule has 0 saturated heterocycles. The van der Waals surface area contributed by atoms with E-state index >= 15 is 0 Å². The fourth-order valence-corrected chi connectivity index (χ4v) is 6.59. The SMILES string of the molecule is O=c1c2c3ccccc3n(-c3ccccc3)c2nc2c3c(c4ccccc4n3-c3ccccc3)n(-c3ccccc3)c(=O)n12. The van der Waals surface area contributed by atoms with Crippen LogP contribution in [-0.4, -0.2) is 23.1 Å². The molecular formula is C37H23N5O2. The van der Waals surface area contributed by atoms with E-state index in [1.54, 1.807) is 4.57 Å². The van der Waals surface area contributed by atoms with Crippen LogP contribution in [0.1, 0.15) is 0 Å². The molecule has 4 aromatic heterocycles. The van der Waals surface area contributed by atoms with Gasteiger partial charge >= 0.3 is 5.69 Å². The summed E-state index contributed by atoms with van der Waals surface area (Å²) in [5, 5.41) is 2.03. The van der Waals surface area contributed by atoms with E-state index in [0.29, 0.717) is 33.4 Å². The van der Waals surface area contributed by atoms with Gasteiger partial charge in [0.05, 0.1) is 27.6 Å². The van der Waals surface area contributed by atoms with Crippen LogP contribution in [0.25, 0.3) is 66.6 Å². The zero-order valence-electron chi connectivity index (χ0n) is 23.3. The molecule has 7 nitrogen and oxygen atoms in total. The molecule has 0 N–H and O–H groups in total. The monoisotopic (exact) mass is 569 g/mol. The maximum atomic E-state index is 14.7. The van der Waals surface area contributed by atoms with Gasteiger partial charge in [-0.2, -0.15) is 0 Å². The predicted molar refractivity (Wildman–Crippen MR) is 176 cm³/mol. The van der Waals surface area contributed by atoms with Crippen LogP contribution in [0.5, 0.6) is 0 Å². The molecule has 9 rings (SSSR count). The molecule has 9 aromatic rings. The zero-order valence-corrected chi connectivity index (χ0v) is 23.3. The summed E-state index contributed by atoms with van der Waals surface area (Å²) in [6.45, 7) is 0. The number of benzene rings is 5. The average Bonchev–Trinajstić information content (AvgIpc) is 3.60. The third-order valence-electron chi connectivity index (χ3n) is 8.40. The van der Waals surface area contributed by atoms with Crippen molar-refractivity contribution >= 4 is 49.5 Å². The summed E-state index contributed by atoms with van der Waals surface area (Å²) >= 11 is 0. The van der Waals surface area contributed by atoms with Gasteiger partial charge in [0, 0.05) is 22.1 Å². The molecule has 0 amide bonds. The number of fused-ring (bicyclic) bond motifs is 8. The lowest BCUT2D eigenvalue weighted by Crippen LogP contribution is -2.34. The van der Waals surface area contributed by atoms with Crippen molar-refractivity contribution in [3.8, 4) is 17.1 Å². The number of aromatic nitrogens is 5. The largest absolute Gasteiger partial charge is 0.342 e. The lowest BCUT2D eigenvalue weighted by molar-refractivity contribution is 0.881. The van der Waals surface area contributed by atoms with Crippen molar-refractivity contribution in [2.24, 2.45) is 0 Å². The second kappa shape index (κ2) is 9.14. The Morgan fingerprint density at radius 1 is 0.432 bits per heavy atom. The van der Waals surface area contributed by atoms with Crippen LogP contribution in [0.3, 0.4) is 0 Å². The Balaban J connectivity index is 1.62. The molecule has 0 fully saturated rings. The van der Waals surface area contributed by atoms with Gasteiger partial charge in [0.1, 0.15) is 5.52 Å². The first-order chi connectivity index (χ1) is 21.7. The summed E-state index contributed by atoms with van der Waals surface area (Å²) in [6, 6.07) is 45.1. The van der Waals surface area contributed by atoms with Gasteiger partial charge in [-0.15, -0.1) is 0 Å². The van der Waals surface area contributed by atoms with Crippen molar-refractivity contribution < 1.29 is 0 Å². The number of rotatable bonds is 3. The van der Waals surface area contributed by atoms with Crippen LogP contribution in [0.4, 0.5) is 0 Å². The minimum absolute atomic E-state index is 0.301. The van der Waals surface area contributed by atoms with Crippen LogP contribution in [-0.2, 0) is 0 Å². The summed E-state index contributed by atoms with van der Waals surface area (Å²) in [6.07, 6.45) is 0. The Kier molecular flexibility index (Phi) is 5.07. The first kappa shape index (κ1) is 24.4. The van der Waals surface area contributed by atoms with E-state index in [2.05, 4.69) is 4.57 Å². The third-order valence-corrected chi connectivity index (χ3v) is 8.40. The summed E-state index contributed by atoms with van der Waals surface area (Å²) in [4.78, 5) is 34.7. The molecule has 4 heterocycles. The highest BCUT2D eigenvalue weighted by Crippen LogP contribution is 2.36. The van der Waals surface area contributed by atoms with Gasteiger partial charge in [-0.05, 0) is 48.5 Å². The van der Waals surface area contributed by atoms with Gasteiger partial charge in [-0.1, -0.05) is 91.0 Å². The molecule has 208 valence electrons. The molecule has 7 heteroatoms. The van der Waals surface area contributed by atoms with Crippen LogP contribution < -0.4 is 11.2 Å². The van der Waals surface area contributed by atoms with Crippen molar-refractivity contribution in [3.05, 3.63) is 160 Å². The zero-order chi connectivity index (χ0) is 29.4. The fourth-order valence-electron chi connectivity index (χ4n) is 6.59. The number of nitrogens with zero attached hydrogens (tertiary/aromatic N) is 5. The highest BCUT2D eigenvalue weighted by atomic mass is 16.2. The first-order valence-corrected chi connectivity index (χ1v) is 14.4. The van der Waals surface area contributed by atoms with Crippen LogP contribution in [0.15, 0.2) is 149 Å². The van der Waals surface area contributed by atoms with E-state index < -0.39 is 11.2 Å². The van der Waals surface area contributed by atoms with E-state index in [1.165, 1.54) is 4.40 Å². The van der Waals surface area contributed by atoms with Crippen molar-refractivity contribution in [2.75, 3.05) is 0 Å². The smallest absolute Gasteiger partial charge is 0.305 e. The highest BCUT2D eigenvalue weighted by Gasteiger charge is 2.26. The van der Waals surface area contributed by atoms with Crippen LogP contribution in [0, 0.1) is 0 Å². The first-order valence-electron chi connectivity index (χ1n) is 14.4. The van der Waals surface area contributed by atoms with E-state index in [9.17, 15) is 9.59 Å². The number of hydrogen-bond acceptors (Lipinski definition) is 3. The second-order valence-electron chi connectivity index (χ2n) is 10.8. The molecule has 44 heavy (non-hydrogen) atoms. The molecule has 0 spiro atoms. The Hall–Kier alpha value is -6.21. The van der Waals surface area contributed by atoms with E-state index in [4.69, 9.17) is 4.98 Å². The Labute approximate surface area is 249 Å². The molecule has 5 aromatic carbocycles. The van der Waals surface area contributed by atoms with E-state index in [-0.39, 0.29) is 0 Å². The van der Waals surface area contributed by atoms with Gasteiger partial charge in [-0.3, -0.25) is 13.9 Å². The summed E-state index contributed by atoms with van der Waals surface area (Å²) in [5.41, 5.74) is 5.49. The molecule has 0 radical (unpaired) electrons. The van der Waals surface area contributed by atoms with E-state index in [1.807, 2.05) is 144 Å². The molecule has 0 bridgehead atoms. The Morgan fingerprint density at radius 2 is 0.909 bits per heavy atom. The van der Waals surface area contributed by atoms with Crippen molar-refractivity contribution in [1.29, 1.82) is 0 Å². The molecule has 0 aliphatic rings. The van der Waals surface area contributed by atoms with Gasteiger partial charge < -0.3 is 4.57 Å². The quantitative estimate of drug-likeness (QED) is 0.229. The van der Waals surface area contributed by atoms with Crippen LogP contribution in [0.2, 0.25) is 0 Å². The molecule has 0 atom stereocenters. The molecule has 0 aliphatic heterocycles. The van der Waals surface area contributed by atoms with Crippen molar-refractivity contribution in [3.63, 3.8) is 0 Å². The maximum absolute atomic E-state index is 14.7. The summed E-state index contributed by atoms with van der Waals surface area (Å²) in [7, 11) is 0. The molecule has 0 saturated carbocycles. The van der Waals surface area contributed by atoms with Crippen molar-refractivity contribution in [1.82, 2.24) is 23.1 Å². The average molecular weight is 570 g/mol. The fraction of sp³-hybridized carbons (Fsp3) is 0. The van der Waals surface area contributed by atoms with Gasteiger partial charge in [0.25, 0.3) is 5.56 Å². The number of para-hydroxylation sites is 5. The lowest BCUT2D eigenvalue weighted by atomic mass is 10.2. The minimum Gasteiger partial charge on any atom is -0.305 e.